The molecular formula is C11H20N2O4. The Balaban J connectivity index is 2.33. The van der Waals surface area contributed by atoms with Crippen LogP contribution in [0.2, 0.25) is 0 Å². The largest absolute Gasteiger partial charge is 0.467 e. The first kappa shape index (κ1) is 13.9. The molecule has 1 unspecified atom stereocenters. The highest BCUT2D eigenvalue weighted by atomic mass is 16.5. The van der Waals surface area contributed by atoms with Crippen molar-refractivity contribution in [1.82, 2.24) is 10.6 Å². The molecule has 0 saturated heterocycles. The Bertz CT molecular complexity index is 289. The van der Waals surface area contributed by atoms with Crippen molar-refractivity contribution in [2.24, 2.45) is 5.41 Å². The summed E-state index contributed by atoms with van der Waals surface area (Å²) in [7, 11) is 1.28. The molecule has 0 aliphatic heterocycles. The Morgan fingerprint density at radius 3 is 2.53 bits per heavy atom. The minimum atomic E-state index is -0.674. The fraction of sp³-hybridized carbons (Fsp3) is 0.818. The molecule has 0 bridgehead atoms. The van der Waals surface area contributed by atoms with Crippen molar-refractivity contribution in [3.63, 3.8) is 0 Å². The number of hydrogen-bond acceptors (Lipinski definition) is 5. The van der Waals surface area contributed by atoms with E-state index < -0.39 is 12.0 Å². The van der Waals surface area contributed by atoms with Gasteiger partial charge in [-0.2, -0.15) is 0 Å². The summed E-state index contributed by atoms with van der Waals surface area (Å²) in [4.78, 5) is 22.3. The smallest absolute Gasteiger partial charge is 0.329 e. The molecule has 1 fully saturated rings. The van der Waals surface area contributed by atoms with Crippen LogP contribution in [0.4, 0.5) is 0 Å². The standard InChI is InChI=1S/C11H20N2O4/c1-8(15)13-9(10(16)17-2)5-12-6-11(7-14)3-4-11/h9,12,14H,3-7H2,1-2H3,(H,13,15). The van der Waals surface area contributed by atoms with Gasteiger partial charge >= 0.3 is 5.97 Å². The van der Waals surface area contributed by atoms with Gasteiger partial charge in [-0.05, 0) is 12.8 Å². The number of methoxy groups -OCH3 is 1. The van der Waals surface area contributed by atoms with Crippen molar-refractivity contribution < 1.29 is 19.4 Å². The van der Waals surface area contributed by atoms with E-state index >= 15 is 0 Å². The number of rotatable bonds is 7. The summed E-state index contributed by atoms with van der Waals surface area (Å²) in [5, 5.41) is 14.7. The predicted molar refractivity (Wildman–Crippen MR) is 61.2 cm³/mol. The summed E-state index contributed by atoms with van der Waals surface area (Å²) in [5.74, 6) is -0.743. The van der Waals surface area contributed by atoms with Crippen LogP contribution in [0.1, 0.15) is 19.8 Å². The Labute approximate surface area is 101 Å². The van der Waals surface area contributed by atoms with Gasteiger partial charge in [-0.1, -0.05) is 0 Å². The summed E-state index contributed by atoms with van der Waals surface area (Å²) in [6, 6.07) is -0.674. The third kappa shape index (κ3) is 4.32. The number of nitrogens with one attached hydrogen (secondary N) is 2. The first-order chi connectivity index (χ1) is 8.03. The minimum Gasteiger partial charge on any atom is -0.467 e. The molecule has 0 aromatic heterocycles. The third-order valence-corrected chi connectivity index (χ3v) is 3.00. The van der Waals surface area contributed by atoms with Crippen LogP contribution in [0, 0.1) is 5.41 Å². The molecule has 6 nitrogen and oxygen atoms in total. The maximum atomic E-state index is 11.4. The van der Waals surface area contributed by atoms with E-state index in [4.69, 9.17) is 5.11 Å². The summed E-state index contributed by atoms with van der Waals surface area (Å²) in [6.07, 6.45) is 2.00. The maximum absolute atomic E-state index is 11.4. The number of esters is 1. The third-order valence-electron chi connectivity index (χ3n) is 3.00. The highest BCUT2D eigenvalue weighted by Crippen LogP contribution is 2.44. The van der Waals surface area contributed by atoms with Crippen molar-refractivity contribution in [1.29, 1.82) is 0 Å². The zero-order valence-electron chi connectivity index (χ0n) is 10.3. The van der Waals surface area contributed by atoms with Crippen LogP contribution in [0.5, 0.6) is 0 Å². The first-order valence-electron chi connectivity index (χ1n) is 5.69. The fourth-order valence-electron chi connectivity index (χ4n) is 1.63. The monoisotopic (exact) mass is 244 g/mol. The predicted octanol–water partition coefficient (Wildman–Crippen LogP) is -0.974. The van der Waals surface area contributed by atoms with Gasteiger partial charge in [0.05, 0.1) is 7.11 Å². The Morgan fingerprint density at radius 2 is 2.12 bits per heavy atom. The molecule has 0 spiro atoms. The molecule has 0 aromatic rings. The quantitative estimate of drug-likeness (QED) is 0.501. The highest BCUT2D eigenvalue weighted by Gasteiger charge is 2.41. The molecule has 0 aromatic carbocycles. The van der Waals surface area contributed by atoms with Crippen molar-refractivity contribution in [3.05, 3.63) is 0 Å². The normalized spacial score (nSPS) is 18.3. The number of ether oxygens (including phenoxy) is 1. The van der Waals surface area contributed by atoms with Gasteiger partial charge in [0.1, 0.15) is 6.04 Å². The van der Waals surface area contributed by atoms with Crippen LogP contribution in [-0.2, 0) is 14.3 Å². The number of amides is 1. The van der Waals surface area contributed by atoms with Gasteiger partial charge in [-0.15, -0.1) is 0 Å². The summed E-state index contributed by atoms with van der Waals surface area (Å²) < 4.78 is 4.59. The van der Waals surface area contributed by atoms with E-state index in [9.17, 15) is 9.59 Å². The summed E-state index contributed by atoms with van der Waals surface area (Å²) in [6.45, 7) is 2.47. The number of aliphatic hydroxyl groups excluding tert-OH is 1. The van der Waals surface area contributed by atoms with E-state index in [1.165, 1.54) is 14.0 Å². The van der Waals surface area contributed by atoms with Gasteiger partial charge in [0.25, 0.3) is 0 Å². The maximum Gasteiger partial charge on any atom is 0.329 e. The lowest BCUT2D eigenvalue weighted by Crippen LogP contribution is -2.48. The van der Waals surface area contributed by atoms with Crippen LogP contribution in [0.15, 0.2) is 0 Å². The van der Waals surface area contributed by atoms with Gasteiger partial charge in [-0.3, -0.25) is 4.79 Å². The van der Waals surface area contributed by atoms with Gasteiger partial charge in [-0.25, -0.2) is 4.79 Å². The van der Waals surface area contributed by atoms with Crippen LogP contribution in [0.3, 0.4) is 0 Å². The molecule has 1 saturated carbocycles. The van der Waals surface area contributed by atoms with Crippen molar-refractivity contribution in [2.75, 3.05) is 26.8 Å². The molecule has 1 amide bonds. The van der Waals surface area contributed by atoms with E-state index in [0.29, 0.717) is 13.1 Å². The number of hydrogen-bond donors (Lipinski definition) is 3. The lowest BCUT2D eigenvalue weighted by molar-refractivity contribution is -0.144. The van der Waals surface area contributed by atoms with Gasteiger partial charge in [0, 0.05) is 32.0 Å². The Hall–Kier alpha value is -1.14. The zero-order valence-corrected chi connectivity index (χ0v) is 10.3. The lowest BCUT2D eigenvalue weighted by atomic mass is 10.1. The van der Waals surface area contributed by atoms with Crippen molar-refractivity contribution >= 4 is 11.9 Å². The molecule has 0 radical (unpaired) electrons. The van der Waals surface area contributed by atoms with Crippen molar-refractivity contribution in [2.45, 2.75) is 25.8 Å². The second kappa shape index (κ2) is 5.97. The van der Waals surface area contributed by atoms with Crippen LogP contribution < -0.4 is 10.6 Å². The second-order valence-electron chi connectivity index (χ2n) is 4.57. The molecule has 0 heterocycles. The fourth-order valence-corrected chi connectivity index (χ4v) is 1.63. The molecule has 6 heteroatoms. The number of carbonyl (C=O) groups excluding carboxylic acids is 2. The van der Waals surface area contributed by atoms with E-state index in [-0.39, 0.29) is 17.9 Å². The molecule has 1 atom stereocenters. The Kier molecular flexibility index (Phi) is 4.89. The molecule has 98 valence electrons. The molecule has 1 aliphatic carbocycles. The highest BCUT2D eigenvalue weighted by molar-refractivity contribution is 5.83. The molecule has 1 aliphatic rings. The van der Waals surface area contributed by atoms with E-state index in [2.05, 4.69) is 15.4 Å². The molecule has 3 N–H and O–H groups in total. The van der Waals surface area contributed by atoms with E-state index in [0.717, 1.165) is 12.8 Å². The minimum absolute atomic E-state index is 0.0170. The SMILES string of the molecule is COC(=O)C(CNCC1(CO)CC1)NC(C)=O. The number of aliphatic hydroxyl groups is 1. The molecule has 17 heavy (non-hydrogen) atoms. The molecular weight excluding hydrogens is 224 g/mol. The molecule has 1 rings (SSSR count). The van der Waals surface area contributed by atoms with Gasteiger partial charge in [0.2, 0.25) is 5.91 Å². The van der Waals surface area contributed by atoms with Gasteiger partial charge < -0.3 is 20.5 Å². The second-order valence-corrected chi connectivity index (χ2v) is 4.57. The van der Waals surface area contributed by atoms with Crippen LogP contribution in [-0.4, -0.2) is 49.8 Å². The lowest BCUT2D eigenvalue weighted by Gasteiger charge is -2.18. The topological polar surface area (TPSA) is 87.7 Å². The number of carbonyl (C=O) groups is 2. The first-order valence-corrected chi connectivity index (χ1v) is 5.69. The summed E-state index contributed by atoms with van der Waals surface area (Å²) >= 11 is 0. The van der Waals surface area contributed by atoms with E-state index in [1.807, 2.05) is 0 Å². The van der Waals surface area contributed by atoms with Crippen LogP contribution in [0.25, 0.3) is 0 Å². The Morgan fingerprint density at radius 1 is 1.47 bits per heavy atom. The van der Waals surface area contributed by atoms with Crippen LogP contribution >= 0.6 is 0 Å². The average Bonchev–Trinajstić information content (AvgIpc) is 3.07. The van der Waals surface area contributed by atoms with Gasteiger partial charge in [0.15, 0.2) is 0 Å². The average molecular weight is 244 g/mol. The zero-order chi connectivity index (χ0) is 12.9. The summed E-state index contributed by atoms with van der Waals surface area (Å²) in [5.41, 5.74) is -0.0170. The van der Waals surface area contributed by atoms with Crippen molar-refractivity contribution in [3.8, 4) is 0 Å². The van der Waals surface area contributed by atoms with E-state index in [1.54, 1.807) is 0 Å².